The summed E-state index contributed by atoms with van der Waals surface area (Å²) in [4.78, 5) is 35.4. The highest BCUT2D eigenvalue weighted by molar-refractivity contribution is 5.76. The van der Waals surface area contributed by atoms with Crippen molar-refractivity contribution in [1.82, 2.24) is 29.6 Å². The third kappa shape index (κ3) is 3.22. The molecule has 0 aromatic carbocycles. The van der Waals surface area contributed by atoms with Gasteiger partial charge in [0.1, 0.15) is 11.6 Å². The number of nitrogens with one attached hydrogen (secondary N) is 1. The minimum Gasteiger partial charge on any atom is -0.342 e. The zero-order valence-corrected chi connectivity index (χ0v) is 14.3. The lowest BCUT2D eigenvalue weighted by Gasteiger charge is -2.19. The molecule has 0 spiro atoms. The van der Waals surface area contributed by atoms with Crippen LogP contribution in [0.3, 0.4) is 0 Å². The summed E-state index contributed by atoms with van der Waals surface area (Å²) in [6.07, 6.45) is 2.07. The predicted octanol–water partition coefficient (Wildman–Crippen LogP) is 0.0752. The van der Waals surface area contributed by atoms with E-state index >= 15 is 0 Å². The molecular weight excluding hydrogens is 308 g/mol. The monoisotopic (exact) mass is 330 g/mol. The van der Waals surface area contributed by atoms with Crippen LogP contribution in [-0.2, 0) is 31.1 Å². The molecule has 8 nitrogen and oxygen atoms in total. The number of carbonyl (C=O) groups excluding carboxylic acids is 1. The molecule has 2 aromatic heterocycles. The van der Waals surface area contributed by atoms with Gasteiger partial charge in [-0.3, -0.25) is 19.3 Å². The van der Waals surface area contributed by atoms with Gasteiger partial charge in [0.25, 0.3) is 5.56 Å². The number of nitrogens with zero attached hydrogens (tertiary/aromatic N) is 5. The van der Waals surface area contributed by atoms with E-state index in [4.69, 9.17) is 0 Å². The van der Waals surface area contributed by atoms with E-state index in [1.54, 1.807) is 11.6 Å². The molecule has 0 aliphatic carbocycles. The molecule has 0 saturated heterocycles. The van der Waals surface area contributed by atoms with E-state index in [-0.39, 0.29) is 11.5 Å². The normalized spacial score (nSPS) is 14.4. The molecule has 128 valence electrons. The molecule has 1 amide bonds. The third-order valence-corrected chi connectivity index (χ3v) is 4.50. The van der Waals surface area contributed by atoms with E-state index in [0.29, 0.717) is 50.4 Å². The molecule has 0 atom stereocenters. The van der Waals surface area contributed by atoms with Gasteiger partial charge in [0.15, 0.2) is 5.82 Å². The second kappa shape index (κ2) is 6.54. The maximum absolute atomic E-state index is 12.5. The van der Waals surface area contributed by atoms with Crippen LogP contribution in [0.5, 0.6) is 0 Å². The largest absolute Gasteiger partial charge is 0.342 e. The second-order valence-corrected chi connectivity index (χ2v) is 6.17. The van der Waals surface area contributed by atoms with E-state index in [0.717, 1.165) is 17.1 Å². The summed E-state index contributed by atoms with van der Waals surface area (Å²) < 4.78 is 1.57. The van der Waals surface area contributed by atoms with Gasteiger partial charge in [0.05, 0.1) is 5.69 Å². The van der Waals surface area contributed by atoms with Crippen molar-refractivity contribution in [2.24, 2.45) is 7.05 Å². The van der Waals surface area contributed by atoms with Gasteiger partial charge in [-0.1, -0.05) is 0 Å². The van der Waals surface area contributed by atoms with Crippen LogP contribution in [0.15, 0.2) is 4.79 Å². The van der Waals surface area contributed by atoms with Gasteiger partial charge < -0.3 is 4.90 Å². The number of aryl methyl sites for hydroxylation is 3. The highest BCUT2D eigenvalue weighted by Crippen LogP contribution is 2.12. The summed E-state index contributed by atoms with van der Waals surface area (Å²) in [6.45, 7) is 4.81. The first-order valence-corrected chi connectivity index (χ1v) is 8.16. The van der Waals surface area contributed by atoms with Crippen LogP contribution >= 0.6 is 0 Å². The molecule has 3 rings (SSSR count). The van der Waals surface area contributed by atoms with Crippen LogP contribution in [0, 0.1) is 13.8 Å². The van der Waals surface area contributed by atoms with Gasteiger partial charge >= 0.3 is 0 Å². The van der Waals surface area contributed by atoms with Crippen molar-refractivity contribution in [3.05, 3.63) is 39.1 Å². The summed E-state index contributed by atoms with van der Waals surface area (Å²) in [5.74, 6) is 2.18. The number of amides is 1. The van der Waals surface area contributed by atoms with E-state index in [1.165, 1.54) is 0 Å². The van der Waals surface area contributed by atoms with Crippen molar-refractivity contribution >= 4 is 5.91 Å². The number of fused-ring (bicyclic) bond motifs is 1. The Kier molecular flexibility index (Phi) is 4.46. The summed E-state index contributed by atoms with van der Waals surface area (Å²) >= 11 is 0. The Balaban J connectivity index is 1.66. The first-order valence-electron chi connectivity index (χ1n) is 8.16. The van der Waals surface area contributed by atoms with Crippen molar-refractivity contribution in [3.63, 3.8) is 0 Å². The highest BCUT2D eigenvalue weighted by atomic mass is 16.2. The highest BCUT2D eigenvalue weighted by Gasteiger charge is 2.22. The molecular formula is C16H22N6O2. The summed E-state index contributed by atoms with van der Waals surface area (Å²) in [6, 6.07) is 0. The van der Waals surface area contributed by atoms with E-state index in [2.05, 4.69) is 20.2 Å². The van der Waals surface area contributed by atoms with Crippen LogP contribution in [-0.4, -0.2) is 48.6 Å². The Hall–Kier alpha value is -2.51. The zero-order chi connectivity index (χ0) is 17.3. The average Bonchev–Trinajstić information content (AvgIpc) is 2.85. The lowest BCUT2D eigenvalue weighted by Crippen LogP contribution is -2.33. The number of hydrogen-bond acceptors (Lipinski definition) is 5. The number of aromatic nitrogens is 5. The first kappa shape index (κ1) is 16.4. The van der Waals surface area contributed by atoms with Crippen LogP contribution < -0.4 is 5.56 Å². The molecule has 0 bridgehead atoms. The van der Waals surface area contributed by atoms with Crippen molar-refractivity contribution in [2.75, 3.05) is 13.1 Å². The number of carbonyl (C=O) groups is 1. The average molecular weight is 330 g/mol. The summed E-state index contributed by atoms with van der Waals surface area (Å²) in [5.41, 5.74) is 1.57. The molecule has 0 radical (unpaired) electrons. The molecule has 0 unspecified atom stereocenters. The molecule has 1 aliphatic rings. The predicted molar refractivity (Wildman–Crippen MR) is 87.6 cm³/mol. The molecule has 0 saturated carbocycles. The molecule has 0 fully saturated rings. The van der Waals surface area contributed by atoms with Crippen molar-refractivity contribution in [1.29, 1.82) is 0 Å². The van der Waals surface area contributed by atoms with Crippen LogP contribution in [0.2, 0.25) is 0 Å². The Labute approximate surface area is 139 Å². The third-order valence-electron chi connectivity index (χ3n) is 4.50. The smallest absolute Gasteiger partial charge is 0.256 e. The van der Waals surface area contributed by atoms with Gasteiger partial charge in [-0.2, -0.15) is 5.10 Å². The lowest BCUT2D eigenvalue weighted by molar-refractivity contribution is -0.131. The van der Waals surface area contributed by atoms with Gasteiger partial charge in [-0.25, -0.2) is 9.97 Å². The quantitative estimate of drug-likeness (QED) is 0.859. The topological polar surface area (TPSA) is 96.8 Å². The Bertz CT molecular complexity index is 822. The van der Waals surface area contributed by atoms with Gasteiger partial charge in [0, 0.05) is 45.0 Å². The van der Waals surface area contributed by atoms with Gasteiger partial charge in [-0.15, -0.1) is 0 Å². The fraction of sp³-hybridized carbons (Fsp3) is 0.562. The van der Waals surface area contributed by atoms with Gasteiger partial charge in [-0.05, 0) is 20.3 Å². The maximum atomic E-state index is 12.5. The van der Waals surface area contributed by atoms with Crippen LogP contribution in [0.1, 0.15) is 35.2 Å². The summed E-state index contributed by atoms with van der Waals surface area (Å²) in [5, 5.41) is 6.83. The minimum absolute atomic E-state index is 0.00277. The van der Waals surface area contributed by atoms with Crippen molar-refractivity contribution in [2.45, 2.75) is 39.5 Å². The van der Waals surface area contributed by atoms with E-state index in [9.17, 15) is 9.59 Å². The van der Waals surface area contributed by atoms with E-state index < -0.39 is 0 Å². The Morgan fingerprint density at radius 1 is 1.21 bits per heavy atom. The van der Waals surface area contributed by atoms with E-state index in [1.807, 2.05) is 18.7 Å². The first-order chi connectivity index (χ1) is 11.5. The zero-order valence-electron chi connectivity index (χ0n) is 14.3. The molecule has 3 heterocycles. The van der Waals surface area contributed by atoms with Crippen LogP contribution in [0.25, 0.3) is 0 Å². The molecule has 2 aromatic rings. The molecule has 24 heavy (non-hydrogen) atoms. The van der Waals surface area contributed by atoms with Gasteiger partial charge in [0.2, 0.25) is 5.91 Å². The fourth-order valence-corrected chi connectivity index (χ4v) is 3.00. The standard InChI is InChI=1S/C16H22N6O2/c1-10-17-14(20-19-10)4-5-15(23)22-8-6-12-13(7-9-22)18-11(2)21(3)16(12)24/h4-9H2,1-3H3,(H,17,19,20). The molecule has 8 heteroatoms. The number of hydrogen-bond donors (Lipinski definition) is 1. The Morgan fingerprint density at radius 3 is 2.67 bits per heavy atom. The number of H-pyrrole nitrogens is 1. The maximum Gasteiger partial charge on any atom is 0.256 e. The molecule has 1 N–H and O–H groups in total. The minimum atomic E-state index is 0.00277. The second-order valence-electron chi connectivity index (χ2n) is 6.17. The Morgan fingerprint density at radius 2 is 1.96 bits per heavy atom. The number of rotatable bonds is 3. The van der Waals surface area contributed by atoms with Crippen molar-refractivity contribution < 1.29 is 4.79 Å². The van der Waals surface area contributed by atoms with Crippen LogP contribution in [0.4, 0.5) is 0 Å². The SMILES string of the molecule is Cc1nc(CCC(=O)N2CCc3nc(C)n(C)c(=O)c3CC2)n[nH]1. The van der Waals surface area contributed by atoms with Crippen molar-refractivity contribution in [3.8, 4) is 0 Å². The summed E-state index contributed by atoms with van der Waals surface area (Å²) in [7, 11) is 1.73. The number of aromatic amines is 1. The fourth-order valence-electron chi connectivity index (χ4n) is 3.00. The molecule has 1 aliphatic heterocycles. The lowest BCUT2D eigenvalue weighted by atomic mass is 10.1.